The van der Waals surface area contributed by atoms with Crippen molar-refractivity contribution in [3.8, 4) is 17.4 Å². The van der Waals surface area contributed by atoms with E-state index in [1.54, 1.807) is 0 Å². The molecular weight excluding hydrogens is 791 g/mol. The Morgan fingerprint density at radius 2 is 1.77 bits per heavy atom. The molecule has 0 spiro atoms. The number of carboxylic acid groups (broad SMARTS) is 1. The van der Waals surface area contributed by atoms with Crippen LogP contribution in [0.3, 0.4) is 0 Å². The van der Waals surface area contributed by atoms with Crippen LogP contribution in [0.1, 0.15) is 74.7 Å². The zero-order valence-corrected chi connectivity index (χ0v) is 32.8. The van der Waals surface area contributed by atoms with Gasteiger partial charge >= 0.3 is 12.3 Å². The molecule has 0 unspecified atom stereocenters. The van der Waals surface area contributed by atoms with Crippen LogP contribution in [0.4, 0.5) is 23.8 Å². The van der Waals surface area contributed by atoms with Crippen LogP contribution in [0, 0.1) is 11.3 Å². The molecule has 4 heterocycles. The van der Waals surface area contributed by atoms with E-state index in [2.05, 4.69) is 20.4 Å². The first-order valence-electron chi connectivity index (χ1n) is 18.4. The molecule has 1 saturated heterocycles. The number of likely N-dealkylation sites (tertiary alicyclic amines) is 1. The fourth-order valence-electron chi connectivity index (χ4n) is 6.95. The predicted octanol–water partition coefficient (Wildman–Crippen LogP) is 7.49. The van der Waals surface area contributed by atoms with Gasteiger partial charge in [0.2, 0.25) is 5.88 Å². The number of nitrogens with zero attached hydrogens (tertiary/aromatic N) is 5. The molecule has 1 aromatic carbocycles. The molecule has 0 bridgehead atoms. The van der Waals surface area contributed by atoms with Gasteiger partial charge in [-0.15, -0.1) is 5.10 Å². The number of nitrogens with one attached hydrogen (secondary N) is 2. The number of carbonyl (C=O) groups excluding carboxylic acids is 1. The zero-order chi connectivity index (χ0) is 41.0. The van der Waals surface area contributed by atoms with Gasteiger partial charge < -0.3 is 24.8 Å². The molecule has 14 nitrogen and oxygen atoms in total. The highest BCUT2D eigenvalue weighted by atomic mass is 35.5. The number of anilines is 1. The second kappa shape index (κ2) is 16.8. The number of benzene rings is 1. The van der Waals surface area contributed by atoms with Crippen molar-refractivity contribution in [2.75, 3.05) is 25.0 Å². The Morgan fingerprint density at radius 3 is 2.44 bits per heavy atom. The van der Waals surface area contributed by atoms with Crippen LogP contribution in [0.25, 0.3) is 5.82 Å². The summed E-state index contributed by atoms with van der Waals surface area (Å²) in [5, 5.41) is 16.1. The van der Waals surface area contributed by atoms with E-state index in [1.165, 1.54) is 46.1 Å². The van der Waals surface area contributed by atoms with E-state index in [0.717, 1.165) is 18.4 Å². The van der Waals surface area contributed by atoms with Crippen LogP contribution in [0.5, 0.6) is 11.6 Å². The lowest BCUT2D eigenvalue weighted by Crippen LogP contribution is -2.41. The van der Waals surface area contributed by atoms with E-state index < -0.39 is 44.2 Å². The summed E-state index contributed by atoms with van der Waals surface area (Å²) < 4.78 is 81.3. The molecule has 3 N–H and O–H groups in total. The number of rotatable bonds is 17. The van der Waals surface area contributed by atoms with Crippen molar-refractivity contribution in [3.63, 3.8) is 0 Å². The summed E-state index contributed by atoms with van der Waals surface area (Å²) in [7, 11) is -4.54. The third kappa shape index (κ3) is 10.1. The van der Waals surface area contributed by atoms with Gasteiger partial charge in [-0.05, 0) is 94.5 Å². The lowest BCUT2D eigenvalue weighted by atomic mass is 9.93. The van der Waals surface area contributed by atoms with Crippen LogP contribution >= 0.6 is 11.6 Å². The lowest BCUT2D eigenvalue weighted by molar-refractivity contribution is -0.189. The molecule has 2 fully saturated rings. The molecule has 0 radical (unpaired) electrons. The van der Waals surface area contributed by atoms with Crippen molar-refractivity contribution >= 4 is 39.4 Å². The molecule has 4 aromatic rings. The first-order chi connectivity index (χ1) is 27.0. The number of pyridine rings is 2. The summed E-state index contributed by atoms with van der Waals surface area (Å²) in [6.45, 7) is 4.85. The minimum absolute atomic E-state index is 0.0205. The topological polar surface area (TPSA) is 178 Å². The van der Waals surface area contributed by atoms with Gasteiger partial charge in [0.1, 0.15) is 11.8 Å². The SMILES string of the molecule is CC1(C)C[C@H](CCCNc2nc(S(=O)(=O)NC(=O)c3ccc(-n4ccc(OCCCC5(C(F)(F)F)CC5)n4)nc3Cl)ccc2OCc2ccccc2)CN1C(=O)O. The fraction of sp³-hybridized carbons (Fsp3) is 0.447. The normalized spacial score (nSPS) is 17.2. The first-order valence-corrected chi connectivity index (χ1v) is 20.2. The lowest BCUT2D eigenvalue weighted by Gasteiger charge is -2.28. The van der Waals surface area contributed by atoms with E-state index in [0.29, 0.717) is 19.5 Å². The Labute approximate surface area is 332 Å². The highest BCUT2D eigenvalue weighted by Crippen LogP contribution is 2.60. The number of hydrogen-bond acceptors (Lipinski definition) is 10. The van der Waals surface area contributed by atoms with Crippen molar-refractivity contribution in [2.45, 2.75) is 82.1 Å². The number of sulfonamides is 1. The Kier molecular flexibility index (Phi) is 12.2. The highest BCUT2D eigenvalue weighted by Gasteiger charge is 2.62. The smallest absolute Gasteiger partial charge is 0.407 e. The summed E-state index contributed by atoms with van der Waals surface area (Å²) in [6, 6.07) is 16.2. The largest absolute Gasteiger partial charge is 0.485 e. The number of aromatic nitrogens is 4. The third-order valence-corrected chi connectivity index (χ3v) is 11.7. The Hall–Kier alpha value is -5.10. The summed E-state index contributed by atoms with van der Waals surface area (Å²) in [5.74, 6) is -0.157. The maximum absolute atomic E-state index is 13.5. The molecule has 57 heavy (non-hydrogen) atoms. The van der Waals surface area contributed by atoms with Crippen LogP contribution in [0.2, 0.25) is 5.15 Å². The van der Waals surface area contributed by atoms with Crippen LogP contribution < -0.4 is 19.5 Å². The number of amides is 2. The average molecular weight is 834 g/mol. The maximum atomic E-state index is 13.5. The minimum atomic E-state index is -4.54. The van der Waals surface area contributed by atoms with Gasteiger partial charge in [0, 0.05) is 30.9 Å². The number of carbonyl (C=O) groups is 2. The summed E-state index contributed by atoms with van der Waals surface area (Å²) in [4.78, 5) is 34.8. The van der Waals surface area contributed by atoms with Crippen molar-refractivity contribution in [1.82, 2.24) is 29.4 Å². The summed E-state index contributed by atoms with van der Waals surface area (Å²) in [5.41, 5.74) is -1.44. The Morgan fingerprint density at radius 1 is 1.02 bits per heavy atom. The molecule has 6 rings (SSSR count). The predicted molar refractivity (Wildman–Crippen MR) is 203 cm³/mol. The minimum Gasteiger partial charge on any atom is -0.485 e. The van der Waals surface area contributed by atoms with Crippen molar-refractivity contribution < 1.29 is 45.8 Å². The van der Waals surface area contributed by atoms with E-state index in [4.69, 9.17) is 21.1 Å². The monoisotopic (exact) mass is 833 g/mol. The van der Waals surface area contributed by atoms with E-state index in [9.17, 15) is 36.3 Å². The van der Waals surface area contributed by atoms with Gasteiger partial charge in [0.15, 0.2) is 22.4 Å². The number of ether oxygens (including phenoxy) is 2. The number of halogens is 4. The molecule has 1 aliphatic carbocycles. The van der Waals surface area contributed by atoms with Crippen molar-refractivity contribution in [1.29, 1.82) is 0 Å². The standard InChI is InChI=1S/C38H43ClF3N7O7S/c1-36(2)22-26(23-48(36)35(51)52)10-6-19-43-33-28(56-24-25-8-4-3-5-9-25)12-14-31(45-33)57(53,54)47-34(50)27-11-13-29(44-32(27)39)49-20-15-30(46-49)55-21-7-16-37(17-18-37)38(40,41)42/h3-5,8-9,11-15,20,26H,6-7,10,16-19,21-24H2,1-2H3,(H,43,45)(H,47,50)(H,51,52)/t26-/m0/s1. The van der Waals surface area contributed by atoms with E-state index in [1.807, 2.05) is 48.9 Å². The van der Waals surface area contributed by atoms with Gasteiger partial charge in [-0.1, -0.05) is 41.9 Å². The van der Waals surface area contributed by atoms with E-state index >= 15 is 0 Å². The number of alkyl halides is 3. The summed E-state index contributed by atoms with van der Waals surface area (Å²) >= 11 is 6.33. The molecule has 2 amide bonds. The third-order valence-electron chi connectivity index (χ3n) is 10.2. The zero-order valence-electron chi connectivity index (χ0n) is 31.3. The molecule has 1 aliphatic heterocycles. The quantitative estimate of drug-likeness (QED) is 0.0710. The highest BCUT2D eigenvalue weighted by molar-refractivity contribution is 7.90. The van der Waals surface area contributed by atoms with Crippen LogP contribution in [-0.4, -0.2) is 81.6 Å². The van der Waals surface area contributed by atoms with Gasteiger partial charge in [-0.3, -0.25) is 4.79 Å². The molecule has 19 heteroatoms. The van der Waals surface area contributed by atoms with E-state index in [-0.39, 0.29) is 78.8 Å². The Bertz CT molecular complexity index is 2180. The fourth-order valence-corrected chi connectivity index (χ4v) is 8.10. The average Bonchev–Trinajstić information content (AvgIpc) is 3.70. The molecule has 306 valence electrons. The number of hydrogen-bond donors (Lipinski definition) is 3. The van der Waals surface area contributed by atoms with Gasteiger partial charge in [-0.2, -0.15) is 21.6 Å². The first kappa shape index (κ1) is 41.5. The second-order valence-corrected chi connectivity index (χ2v) is 16.9. The maximum Gasteiger partial charge on any atom is 0.407 e. The van der Waals surface area contributed by atoms with Gasteiger partial charge in [-0.25, -0.2) is 24.2 Å². The van der Waals surface area contributed by atoms with Crippen molar-refractivity contribution in [3.05, 3.63) is 83.1 Å². The van der Waals surface area contributed by atoms with Crippen molar-refractivity contribution in [2.24, 2.45) is 11.3 Å². The molecule has 3 aromatic heterocycles. The summed E-state index contributed by atoms with van der Waals surface area (Å²) in [6.07, 6.45) is -1.15. The molecule has 1 saturated carbocycles. The van der Waals surface area contributed by atoms with Gasteiger partial charge in [0.25, 0.3) is 15.9 Å². The Balaban J connectivity index is 1.08. The molecule has 1 atom stereocenters. The van der Waals surface area contributed by atoms with Crippen LogP contribution in [0.15, 0.2) is 71.9 Å². The van der Waals surface area contributed by atoms with Gasteiger partial charge in [0.05, 0.1) is 17.6 Å². The molecular formula is C38H43ClF3N7O7S. The molecule has 2 aliphatic rings. The second-order valence-electron chi connectivity index (χ2n) is 14.9. The van der Waals surface area contributed by atoms with Crippen LogP contribution in [-0.2, 0) is 16.6 Å².